The molecular formula is C11H12FN3O3. The smallest absolute Gasteiger partial charge is 0.282 e. The molecule has 0 saturated carbocycles. The van der Waals surface area contributed by atoms with E-state index in [1.165, 1.54) is 0 Å². The molecule has 1 amide bonds. The summed E-state index contributed by atoms with van der Waals surface area (Å²) in [5.74, 6) is -1.29. The first-order valence-corrected chi connectivity index (χ1v) is 5.53. The lowest BCUT2D eigenvalue weighted by Crippen LogP contribution is -2.36. The van der Waals surface area contributed by atoms with Crippen molar-refractivity contribution in [2.75, 3.05) is 13.1 Å². The molecule has 0 radical (unpaired) electrons. The number of benzene rings is 1. The van der Waals surface area contributed by atoms with Gasteiger partial charge in [-0.2, -0.15) is 0 Å². The molecule has 1 aliphatic rings. The van der Waals surface area contributed by atoms with Gasteiger partial charge in [-0.15, -0.1) is 0 Å². The lowest BCUT2D eigenvalue weighted by molar-refractivity contribution is -0.385. The molecule has 0 aromatic heterocycles. The van der Waals surface area contributed by atoms with Gasteiger partial charge in [0.05, 0.1) is 4.92 Å². The molecule has 1 fully saturated rings. The van der Waals surface area contributed by atoms with Crippen molar-refractivity contribution in [2.45, 2.75) is 12.5 Å². The van der Waals surface area contributed by atoms with Crippen LogP contribution in [-0.2, 0) is 0 Å². The third-order valence-electron chi connectivity index (χ3n) is 2.80. The summed E-state index contributed by atoms with van der Waals surface area (Å²) >= 11 is 0. The highest BCUT2D eigenvalue weighted by molar-refractivity contribution is 5.98. The second-order valence-electron chi connectivity index (χ2n) is 4.08. The number of halogens is 1. The van der Waals surface area contributed by atoms with Crippen molar-refractivity contribution >= 4 is 11.6 Å². The van der Waals surface area contributed by atoms with Crippen LogP contribution < -0.4 is 10.6 Å². The third-order valence-corrected chi connectivity index (χ3v) is 2.80. The Kier molecular flexibility index (Phi) is 3.52. The van der Waals surface area contributed by atoms with Crippen LogP contribution in [0.15, 0.2) is 18.2 Å². The highest BCUT2D eigenvalue weighted by Gasteiger charge is 2.24. The van der Waals surface area contributed by atoms with E-state index in [-0.39, 0.29) is 17.3 Å². The van der Waals surface area contributed by atoms with Gasteiger partial charge in [-0.3, -0.25) is 14.9 Å². The van der Waals surface area contributed by atoms with E-state index in [0.717, 1.165) is 31.2 Å². The maximum absolute atomic E-state index is 13.1. The maximum Gasteiger partial charge on any atom is 0.282 e. The molecule has 1 heterocycles. The average Bonchev–Trinajstić information content (AvgIpc) is 2.81. The number of nitrogens with one attached hydrogen (secondary N) is 2. The number of hydrogen-bond acceptors (Lipinski definition) is 4. The molecule has 0 bridgehead atoms. The second kappa shape index (κ2) is 5.09. The average molecular weight is 253 g/mol. The summed E-state index contributed by atoms with van der Waals surface area (Å²) in [7, 11) is 0. The molecule has 1 atom stereocenters. The van der Waals surface area contributed by atoms with E-state index in [0.29, 0.717) is 6.54 Å². The fourth-order valence-corrected chi connectivity index (χ4v) is 1.89. The van der Waals surface area contributed by atoms with Gasteiger partial charge in [0.15, 0.2) is 0 Å². The van der Waals surface area contributed by atoms with E-state index >= 15 is 0 Å². The topological polar surface area (TPSA) is 84.3 Å². The molecule has 1 aromatic rings. The van der Waals surface area contributed by atoms with Gasteiger partial charge in [-0.1, -0.05) is 0 Å². The Morgan fingerprint density at radius 1 is 1.56 bits per heavy atom. The first-order valence-electron chi connectivity index (χ1n) is 5.53. The van der Waals surface area contributed by atoms with Gasteiger partial charge in [0.2, 0.25) is 0 Å². The van der Waals surface area contributed by atoms with E-state index in [9.17, 15) is 19.3 Å². The van der Waals surface area contributed by atoms with Gasteiger partial charge in [-0.05, 0) is 25.1 Å². The summed E-state index contributed by atoms with van der Waals surface area (Å²) in [6, 6.07) is 2.78. The normalized spacial score (nSPS) is 18.6. The van der Waals surface area contributed by atoms with Gasteiger partial charge in [0.1, 0.15) is 11.4 Å². The number of amides is 1. The maximum atomic E-state index is 13.1. The van der Waals surface area contributed by atoms with Crippen LogP contribution in [0.4, 0.5) is 10.1 Å². The standard InChI is InChI=1S/C11H12FN3O3/c12-7-1-2-10(15(17)18)9(5-7)11(16)14-8-3-4-13-6-8/h1-2,5,8,13H,3-4,6H2,(H,14,16)/t8-/m0/s1. The van der Waals surface area contributed by atoms with Crippen LogP contribution in [0.5, 0.6) is 0 Å². The number of rotatable bonds is 3. The van der Waals surface area contributed by atoms with Gasteiger partial charge in [0, 0.05) is 18.7 Å². The number of hydrogen-bond donors (Lipinski definition) is 2. The SMILES string of the molecule is O=C(N[C@H]1CCNC1)c1cc(F)ccc1[N+](=O)[O-]. The van der Waals surface area contributed by atoms with Crippen LogP contribution in [-0.4, -0.2) is 30.0 Å². The van der Waals surface area contributed by atoms with Crippen molar-refractivity contribution in [1.29, 1.82) is 0 Å². The van der Waals surface area contributed by atoms with Gasteiger partial charge in [0.25, 0.3) is 11.6 Å². The summed E-state index contributed by atoms with van der Waals surface area (Å²) in [5.41, 5.74) is -0.633. The van der Waals surface area contributed by atoms with Crippen molar-refractivity contribution in [2.24, 2.45) is 0 Å². The fraction of sp³-hybridized carbons (Fsp3) is 0.364. The summed E-state index contributed by atoms with van der Waals surface area (Å²) < 4.78 is 13.1. The summed E-state index contributed by atoms with van der Waals surface area (Å²) in [4.78, 5) is 21.9. The number of nitrogens with zero attached hydrogens (tertiary/aromatic N) is 1. The molecule has 7 heteroatoms. The van der Waals surface area contributed by atoms with Crippen molar-refractivity contribution < 1.29 is 14.1 Å². The molecule has 2 N–H and O–H groups in total. The van der Waals surface area contributed by atoms with Crippen molar-refractivity contribution in [3.63, 3.8) is 0 Å². The fourth-order valence-electron chi connectivity index (χ4n) is 1.89. The molecule has 1 aromatic carbocycles. The highest BCUT2D eigenvalue weighted by Crippen LogP contribution is 2.19. The van der Waals surface area contributed by atoms with Crippen LogP contribution in [0.25, 0.3) is 0 Å². The molecule has 96 valence electrons. The van der Waals surface area contributed by atoms with Gasteiger partial charge in [-0.25, -0.2) is 4.39 Å². The lowest BCUT2D eigenvalue weighted by Gasteiger charge is -2.11. The zero-order chi connectivity index (χ0) is 13.1. The quantitative estimate of drug-likeness (QED) is 0.617. The van der Waals surface area contributed by atoms with E-state index < -0.39 is 16.6 Å². The molecule has 1 saturated heterocycles. The Morgan fingerprint density at radius 3 is 2.94 bits per heavy atom. The minimum atomic E-state index is -0.693. The Hall–Kier alpha value is -2.02. The third kappa shape index (κ3) is 2.62. The van der Waals surface area contributed by atoms with Crippen LogP contribution in [0.2, 0.25) is 0 Å². The largest absolute Gasteiger partial charge is 0.348 e. The Balaban J connectivity index is 2.22. The lowest BCUT2D eigenvalue weighted by atomic mass is 10.1. The molecule has 0 spiro atoms. The van der Waals surface area contributed by atoms with Crippen LogP contribution in [0.1, 0.15) is 16.8 Å². The number of nitro groups is 1. The summed E-state index contributed by atoms with van der Waals surface area (Å²) in [6.45, 7) is 1.41. The van der Waals surface area contributed by atoms with Crippen molar-refractivity contribution in [1.82, 2.24) is 10.6 Å². The van der Waals surface area contributed by atoms with E-state index in [2.05, 4.69) is 10.6 Å². The predicted octanol–water partition coefficient (Wildman–Crippen LogP) is 0.826. The Bertz CT molecular complexity index is 486. The van der Waals surface area contributed by atoms with Crippen LogP contribution >= 0.6 is 0 Å². The van der Waals surface area contributed by atoms with E-state index in [4.69, 9.17) is 0 Å². The zero-order valence-corrected chi connectivity index (χ0v) is 9.48. The molecule has 0 aliphatic carbocycles. The van der Waals surface area contributed by atoms with Gasteiger partial charge < -0.3 is 10.6 Å². The van der Waals surface area contributed by atoms with E-state index in [1.54, 1.807) is 0 Å². The second-order valence-corrected chi connectivity index (χ2v) is 4.08. The van der Waals surface area contributed by atoms with Crippen molar-refractivity contribution in [3.8, 4) is 0 Å². The summed E-state index contributed by atoms with van der Waals surface area (Å²) in [6.07, 6.45) is 0.759. The predicted molar refractivity (Wildman–Crippen MR) is 61.8 cm³/mol. The minimum absolute atomic E-state index is 0.0691. The minimum Gasteiger partial charge on any atom is -0.348 e. The molecule has 2 rings (SSSR count). The highest BCUT2D eigenvalue weighted by atomic mass is 19.1. The molecule has 1 aliphatic heterocycles. The zero-order valence-electron chi connectivity index (χ0n) is 9.48. The van der Waals surface area contributed by atoms with Crippen LogP contribution in [0, 0.1) is 15.9 Å². The molecular weight excluding hydrogens is 241 g/mol. The summed E-state index contributed by atoms with van der Waals surface area (Å²) in [5, 5.41) is 16.5. The van der Waals surface area contributed by atoms with Gasteiger partial charge >= 0.3 is 0 Å². The van der Waals surface area contributed by atoms with Crippen LogP contribution in [0.3, 0.4) is 0 Å². The molecule has 18 heavy (non-hydrogen) atoms. The Morgan fingerprint density at radius 2 is 2.33 bits per heavy atom. The van der Waals surface area contributed by atoms with E-state index in [1.807, 2.05) is 0 Å². The first kappa shape index (κ1) is 12.4. The monoisotopic (exact) mass is 253 g/mol. The van der Waals surface area contributed by atoms with Crippen molar-refractivity contribution in [3.05, 3.63) is 39.7 Å². The number of nitro benzene ring substituents is 1. The Labute approximate surface area is 102 Å². The first-order chi connectivity index (χ1) is 8.58. The number of carbonyl (C=O) groups is 1. The molecule has 0 unspecified atom stereocenters. The number of carbonyl (C=O) groups excluding carboxylic acids is 1. The molecule has 6 nitrogen and oxygen atoms in total.